The Morgan fingerprint density at radius 2 is 1.65 bits per heavy atom. The van der Waals surface area contributed by atoms with Gasteiger partial charge in [-0.05, 0) is 41.4 Å². The Morgan fingerprint density at radius 1 is 1.00 bits per heavy atom. The maximum atomic E-state index is 12.5. The van der Waals surface area contributed by atoms with Gasteiger partial charge in [0, 0.05) is 17.3 Å². The number of nitrogens with zero attached hydrogens (tertiary/aromatic N) is 1. The van der Waals surface area contributed by atoms with E-state index in [4.69, 9.17) is 24.1 Å². The fourth-order valence-electron chi connectivity index (χ4n) is 3.38. The molecular formula is C23H26N3O7S+. The highest BCUT2D eigenvalue weighted by Gasteiger charge is 2.23. The van der Waals surface area contributed by atoms with Crippen molar-refractivity contribution in [3.63, 3.8) is 0 Å². The van der Waals surface area contributed by atoms with E-state index in [1.54, 1.807) is 32.5 Å². The Labute approximate surface area is 200 Å². The lowest BCUT2D eigenvalue weighted by Crippen LogP contribution is -2.66. The molecule has 0 saturated carbocycles. The molecule has 0 fully saturated rings. The zero-order valence-electron chi connectivity index (χ0n) is 19.2. The number of hydrogen-bond donors (Lipinski definition) is 3. The number of carboxylic acids is 1. The molecule has 0 saturated heterocycles. The quantitative estimate of drug-likeness (QED) is 0.395. The molecule has 11 heteroatoms. The third-order valence-corrected chi connectivity index (χ3v) is 5.91. The Morgan fingerprint density at radius 3 is 2.21 bits per heavy atom. The first kappa shape index (κ1) is 24.8. The van der Waals surface area contributed by atoms with Crippen molar-refractivity contribution in [3.05, 3.63) is 36.5 Å². The predicted molar refractivity (Wildman–Crippen MR) is 127 cm³/mol. The van der Waals surface area contributed by atoms with Crippen LogP contribution in [0.1, 0.15) is 6.42 Å². The maximum Gasteiger partial charge on any atom is 0.309 e. The lowest BCUT2D eigenvalue weighted by Gasteiger charge is -2.15. The monoisotopic (exact) mass is 488 g/mol. The summed E-state index contributed by atoms with van der Waals surface area (Å²) >= 11 is 1.29. The SMILES string of the molecule is COc1ccc(-c2cnsc2-c2cc(OC)c(OC)c(OC)c2)cc1NC(=O)[C@H]([NH3+])CC(=O)O. The molecule has 1 amide bonds. The smallest absolute Gasteiger partial charge is 0.309 e. The lowest BCUT2D eigenvalue weighted by atomic mass is 10.0. The van der Waals surface area contributed by atoms with Crippen molar-refractivity contribution in [1.29, 1.82) is 0 Å². The molecule has 0 aliphatic heterocycles. The molecule has 0 radical (unpaired) electrons. The number of aliphatic carboxylic acids is 1. The third kappa shape index (κ3) is 5.21. The van der Waals surface area contributed by atoms with Crippen LogP contribution in [0.4, 0.5) is 5.69 Å². The summed E-state index contributed by atoms with van der Waals surface area (Å²) in [6.45, 7) is 0. The fourth-order valence-corrected chi connectivity index (χ4v) is 4.13. The molecule has 34 heavy (non-hydrogen) atoms. The van der Waals surface area contributed by atoms with Crippen molar-refractivity contribution in [3.8, 4) is 44.6 Å². The summed E-state index contributed by atoms with van der Waals surface area (Å²) in [5.41, 5.74) is 6.42. The van der Waals surface area contributed by atoms with Crippen LogP contribution in [0.3, 0.4) is 0 Å². The summed E-state index contributed by atoms with van der Waals surface area (Å²) < 4.78 is 26.1. The molecule has 0 aliphatic carbocycles. The third-order valence-electron chi connectivity index (χ3n) is 5.06. The molecule has 0 spiro atoms. The molecule has 0 unspecified atom stereocenters. The van der Waals surface area contributed by atoms with Gasteiger partial charge < -0.3 is 35.1 Å². The number of amides is 1. The summed E-state index contributed by atoms with van der Waals surface area (Å²) in [4.78, 5) is 24.2. The number of methoxy groups -OCH3 is 4. The molecule has 1 heterocycles. The van der Waals surface area contributed by atoms with Crippen LogP contribution in [-0.2, 0) is 9.59 Å². The number of carbonyl (C=O) groups excluding carboxylic acids is 1. The van der Waals surface area contributed by atoms with Gasteiger partial charge in [0.05, 0.1) is 39.0 Å². The van der Waals surface area contributed by atoms with Gasteiger partial charge in [-0.2, -0.15) is 4.37 Å². The zero-order valence-corrected chi connectivity index (χ0v) is 20.0. The maximum absolute atomic E-state index is 12.5. The van der Waals surface area contributed by atoms with Crippen LogP contribution in [0.25, 0.3) is 21.6 Å². The lowest BCUT2D eigenvalue weighted by molar-refractivity contribution is -0.401. The summed E-state index contributed by atoms with van der Waals surface area (Å²) in [5, 5.41) is 11.7. The number of rotatable bonds is 10. The number of carbonyl (C=O) groups is 2. The number of hydrogen-bond acceptors (Lipinski definition) is 8. The first-order valence-electron chi connectivity index (χ1n) is 10.1. The molecule has 3 aromatic rings. The van der Waals surface area contributed by atoms with Crippen molar-refractivity contribution in [2.24, 2.45) is 0 Å². The van der Waals surface area contributed by atoms with Gasteiger partial charge in [-0.1, -0.05) is 6.07 Å². The van der Waals surface area contributed by atoms with Gasteiger partial charge >= 0.3 is 5.97 Å². The molecule has 1 atom stereocenters. The highest BCUT2D eigenvalue weighted by Crippen LogP contribution is 2.45. The molecule has 0 aliphatic rings. The number of anilines is 1. The summed E-state index contributed by atoms with van der Waals surface area (Å²) in [7, 11) is 6.12. The fraction of sp³-hybridized carbons (Fsp3) is 0.261. The van der Waals surface area contributed by atoms with Crippen LogP contribution >= 0.6 is 11.5 Å². The highest BCUT2D eigenvalue weighted by molar-refractivity contribution is 7.10. The second-order valence-corrected chi connectivity index (χ2v) is 7.98. The number of ether oxygens (including phenoxy) is 4. The zero-order chi connectivity index (χ0) is 24.8. The minimum Gasteiger partial charge on any atom is -0.495 e. The first-order chi connectivity index (χ1) is 16.3. The van der Waals surface area contributed by atoms with E-state index in [9.17, 15) is 9.59 Å². The second kappa shape index (κ2) is 10.9. The van der Waals surface area contributed by atoms with E-state index in [0.29, 0.717) is 28.7 Å². The minimum absolute atomic E-state index is 0.381. The average molecular weight is 489 g/mol. The molecule has 5 N–H and O–H groups in total. The van der Waals surface area contributed by atoms with Gasteiger partial charge in [-0.25, -0.2) is 0 Å². The van der Waals surface area contributed by atoms with Crippen LogP contribution in [0.15, 0.2) is 36.5 Å². The molecular weight excluding hydrogens is 462 g/mol. The molecule has 180 valence electrons. The van der Waals surface area contributed by atoms with Crippen LogP contribution in [-0.4, -0.2) is 55.8 Å². The van der Waals surface area contributed by atoms with E-state index >= 15 is 0 Å². The number of carboxylic acid groups (broad SMARTS) is 1. The topological polar surface area (TPSA) is 144 Å². The summed E-state index contributed by atoms with van der Waals surface area (Å²) in [6, 6.07) is 8.03. The van der Waals surface area contributed by atoms with Crippen molar-refractivity contribution in [2.75, 3.05) is 33.8 Å². The molecule has 10 nitrogen and oxygen atoms in total. The van der Waals surface area contributed by atoms with Gasteiger partial charge in [0.2, 0.25) is 5.75 Å². The van der Waals surface area contributed by atoms with Gasteiger partial charge in [-0.15, -0.1) is 0 Å². The molecule has 1 aromatic heterocycles. The highest BCUT2D eigenvalue weighted by atomic mass is 32.1. The summed E-state index contributed by atoms with van der Waals surface area (Å²) in [6.07, 6.45) is 1.35. The average Bonchev–Trinajstić information content (AvgIpc) is 3.32. The van der Waals surface area contributed by atoms with Crippen molar-refractivity contribution < 1.29 is 39.4 Å². The normalized spacial score (nSPS) is 11.4. The number of quaternary nitrogens is 1. The van der Waals surface area contributed by atoms with Gasteiger partial charge in [0.15, 0.2) is 17.5 Å². The molecule has 0 bridgehead atoms. The van der Waals surface area contributed by atoms with E-state index in [1.807, 2.05) is 18.2 Å². The van der Waals surface area contributed by atoms with Crippen LogP contribution in [0.2, 0.25) is 0 Å². The standard InChI is InChI=1S/C23H25N3O7S/c1-30-17-6-5-12(7-16(17)26-23(29)15(24)10-20(27)28)14-11-25-34-22(14)13-8-18(31-2)21(33-4)19(9-13)32-3/h5-9,11,15H,10,24H2,1-4H3,(H,26,29)(H,27,28)/p+1/t15-/m1/s1. The Balaban J connectivity index is 2.02. The van der Waals surface area contributed by atoms with Crippen molar-refractivity contribution in [2.45, 2.75) is 12.5 Å². The number of benzene rings is 2. The van der Waals surface area contributed by atoms with E-state index in [2.05, 4.69) is 15.4 Å². The predicted octanol–water partition coefficient (Wildman–Crippen LogP) is 2.54. The van der Waals surface area contributed by atoms with E-state index in [-0.39, 0.29) is 6.42 Å². The van der Waals surface area contributed by atoms with Gasteiger partial charge in [-0.3, -0.25) is 9.59 Å². The first-order valence-corrected chi connectivity index (χ1v) is 10.9. The van der Waals surface area contributed by atoms with Gasteiger partial charge in [0.25, 0.3) is 5.91 Å². The van der Waals surface area contributed by atoms with Crippen molar-refractivity contribution in [1.82, 2.24) is 4.37 Å². The Kier molecular flexibility index (Phi) is 7.92. The van der Waals surface area contributed by atoms with Crippen LogP contribution < -0.4 is 30.0 Å². The Hall–Kier alpha value is -3.83. The molecule has 3 rings (SSSR count). The number of nitrogens with one attached hydrogen (secondary N) is 1. The minimum atomic E-state index is -1.10. The Bertz CT molecular complexity index is 1170. The largest absolute Gasteiger partial charge is 0.495 e. The van der Waals surface area contributed by atoms with Crippen LogP contribution in [0.5, 0.6) is 23.0 Å². The van der Waals surface area contributed by atoms with Gasteiger partial charge in [0.1, 0.15) is 12.2 Å². The van der Waals surface area contributed by atoms with Crippen molar-refractivity contribution >= 4 is 29.1 Å². The van der Waals surface area contributed by atoms with Crippen LogP contribution in [0, 0.1) is 0 Å². The second-order valence-electron chi connectivity index (χ2n) is 7.18. The molecule has 2 aromatic carbocycles. The van der Waals surface area contributed by atoms with E-state index in [1.165, 1.54) is 25.8 Å². The van der Waals surface area contributed by atoms with E-state index in [0.717, 1.165) is 21.6 Å². The van der Waals surface area contributed by atoms with E-state index < -0.39 is 17.9 Å². The number of aromatic nitrogens is 1. The summed E-state index contributed by atoms with van der Waals surface area (Å²) in [5.74, 6) is 0.314.